The molecular weight excluding hydrogens is 441 g/mol. The molecule has 1 aromatic rings. The van der Waals surface area contributed by atoms with Gasteiger partial charge in [-0.3, -0.25) is 23.7 Å². The summed E-state index contributed by atoms with van der Waals surface area (Å²) in [5.41, 5.74) is 0.864. The maximum atomic E-state index is 13.0. The quantitative estimate of drug-likeness (QED) is 0.265. The molecule has 0 radical (unpaired) electrons. The number of carbonyl (C=O) groups is 2. The first kappa shape index (κ1) is 27.5. The fourth-order valence-electron chi connectivity index (χ4n) is 3.09. The van der Waals surface area contributed by atoms with Gasteiger partial charge in [0.25, 0.3) is 0 Å². The molecular formula is C20H34N3O6PS. The van der Waals surface area contributed by atoms with Crippen LogP contribution in [0.25, 0.3) is 0 Å². The van der Waals surface area contributed by atoms with Crippen LogP contribution in [-0.4, -0.2) is 62.7 Å². The van der Waals surface area contributed by atoms with Gasteiger partial charge in [0, 0.05) is 36.3 Å². The summed E-state index contributed by atoms with van der Waals surface area (Å²) in [5, 5.41) is 8.02. The predicted molar refractivity (Wildman–Crippen MR) is 122 cm³/mol. The smallest absolute Gasteiger partial charge is 0.342 e. The van der Waals surface area contributed by atoms with Crippen LogP contribution in [0.1, 0.15) is 32.3 Å². The van der Waals surface area contributed by atoms with Crippen LogP contribution in [0.15, 0.2) is 30.3 Å². The SMILES string of the molecule is CNC(=O)C(Cc1ccccc1)NC(=O)C(CC(C)C)N[C@H](CC[S@](C)=O)P(=O)(O)O. The first-order valence-corrected chi connectivity index (χ1v) is 13.5. The van der Waals surface area contributed by atoms with Gasteiger partial charge >= 0.3 is 7.60 Å². The Labute approximate surface area is 186 Å². The van der Waals surface area contributed by atoms with Gasteiger partial charge in [0.2, 0.25) is 11.8 Å². The van der Waals surface area contributed by atoms with E-state index in [0.29, 0.717) is 6.42 Å². The number of nitrogens with one attached hydrogen (secondary N) is 3. The third-order valence-electron chi connectivity index (χ3n) is 4.66. The van der Waals surface area contributed by atoms with Gasteiger partial charge in [-0.1, -0.05) is 44.2 Å². The van der Waals surface area contributed by atoms with E-state index in [1.165, 1.54) is 13.3 Å². The van der Waals surface area contributed by atoms with Gasteiger partial charge < -0.3 is 20.4 Å². The van der Waals surface area contributed by atoms with Crippen molar-refractivity contribution in [1.29, 1.82) is 0 Å². The van der Waals surface area contributed by atoms with E-state index in [9.17, 15) is 28.1 Å². The lowest BCUT2D eigenvalue weighted by Crippen LogP contribution is -2.55. The Kier molecular flexibility index (Phi) is 11.6. The molecule has 0 fully saturated rings. The molecule has 0 aliphatic rings. The zero-order valence-corrected chi connectivity index (χ0v) is 20.1. The zero-order chi connectivity index (χ0) is 23.6. The molecule has 0 aliphatic carbocycles. The van der Waals surface area contributed by atoms with E-state index < -0.39 is 42.2 Å². The number of rotatable bonds is 13. The number of benzene rings is 1. The van der Waals surface area contributed by atoms with E-state index in [1.54, 1.807) is 0 Å². The molecule has 0 saturated carbocycles. The number of amides is 2. The Bertz CT molecular complexity index is 786. The van der Waals surface area contributed by atoms with Crippen molar-refractivity contribution in [2.24, 2.45) is 5.92 Å². The van der Waals surface area contributed by atoms with Crippen molar-refractivity contribution in [1.82, 2.24) is 16.0 Å². The van der Waals surface area contributed by atoms with Crippen molar-refractivity contribution in [2.45, 2.75) is 51.0 Å². The summed E-state index contributed by atoms with van der Waals surface area (Å²) in [4.78, 5) is 44.8. The van der Waals surface area contributed by atoms with Crippen molar-refractivity contribution in [3.8, 4) is 0 Å². The average molecular weight is 476 g/mol. The molecule has 0 heterocycles. The molecule has 0 aliphatic heterocycles. The van der Waals surface area contributed by atoms with E-state index in [1.807, 2.05) is 44.2 Å². The second-order valence-corrected chi connectivity index (χ2v) is 11.2. The van der Waals surface area contributed by atoms with Crippen molar-refractivity contribution in [3.63, 3.8) is 0 Å². The Morgan fingerprint density at radius 1 is 1.10 bits per heavy atom. The minimum atomic E-state index is -4.59. The minimum absolute atomic E-state index is 0.0435. The van der Waals surface area contributed by atoms with Crippen LogP contribution in [0.5, 0.6) is 0 Å². The summed E-state index contributed by atoms with van der Waals surface area (Å²) < 4.78 is 23.3. The largest absolute Gasteiger partial charge is 0.357 e. The van der Waals surface area contributed by atoms with E-state index in [2.05, 4.69) is 16.0 Å². The molecule has 1 rings (SSSR count). The molecule has 5 N–H and O–H groups in total. The molecule has 31 heavy (non-hydrogen) atoms. The molecule has 176 valence electrons. The van der Waals surface area contributed by atoms with Crippen LogP contribution < -0.4 is 16.0 Å². The van der Waals surface area contributed by atoms with Crippen molar-refractivity contribution in [3.05, 3.63) is 35.9 Å². The highest BCUT2D eigenvalue weighted by atomic mass is 32.2. The monoisotopic (exact) mass is 475 g/mol. The van der Waals surface area contributed by atoms with Gasteiger partial charge in [-0.15, -0.1) is 0 Å². The summed E-state index contributed by atoms with van der Waals surface area (Å²) in [7, 11) is -4.34. The molecule has 11 heteroatoms. The van der Waals surface area contributed by atoms with E-state index in [-0.39, 0.29) is 30.4 Å². The first-order valence-electron chi connectivity index (χ1n) is 10.1. The number of hydrogen-bond acceptors (Lipinski definition) is 5. The van der Waals surface area contributed by atoms with Crippen LogP contribution in [0, 0.1) is 5.92 Å². The van der Waals surface area contributed by atoms with Crippen LogP contribution in [0.2, 0.25) is 0 Å². The number of carbonyl (C=O) groups excluding carboxylic acids is 2. The lowest BCUT2D eigenvalue weighted by atomic mass is 10.0. The van der Waals surface area contributed by atoms with Gasteiger partial charge in [-0.05, 0) is 24.3 Å². The predicted octanol–water partition coefficient (Wildman–Crippen LogP) is 0.737. The lowest BCUT2D eigenvalue weighted by Gasteiger charge is -2.28. The maximum absolute atomic E-state index is 13.0. The van der Waals surface area contributed by atoms with Gasteiger partial charge in [0.1, 0.15) is 11.8 Å². The van der Waals surface area contributed by atoms with Crippen LogP contribution in [0.3, 0.4) is 0 Å². The molecule has 0 spiro atoms. The van der Waals surface area contributed by atoms with Crippen LogP contribution in [0.4, 0.5) is 0 Å². The Morgan fingerprint density at radius 2 is 1.71 bits per heavy atom. The van der Waals surface area contributed by atoms with Crippen LogP contribution in [-0.2, 0) is 31.4 Å². The second-order valence-electron chi connectivity index (χ2n) is 7.88. The normalized spacial score (nSPS) is 15.7. The summed E-state index contributed by atoms with van der Waals surface area (Å²) in [6.07, 6.45) is 1.99. The standard InChI is InChI=1S/C20H34N3O6PS/c1-14(2)12-16(22-18(30(26,27)28)10-11-31(4)29)20(25)23-17(19(24)21-3)13-15-8-6-5-7-9-15/h5-9,14,16-18,22H,10-13H2,1-4H3,(H,21,24)(H,23,25)(H2,26,27,28)/t16?,17?,18-,31-/m0/s1. The van der Waals surface area contributed by atoms with E-state index in [0.717, 1.165) is 5.56 Å². The van der Waals surface area contributed by atoms with Gasteiger partial charge in [0.05, 0.1) is 6.04 Å². The average Bonchev–Trinajstić information content (AvgIpc) is 2.68. The highest BCUT2D eigenvalue weighted by molar-refractivity contribution is 7.84. The molecule has 0 aromatic heterocycles. The number of likely N-dealkylation sites (N-methyl/N-ethyl adjacent to an activating group) is 1. The maximum Gasteiger partial charge on any atom is 0.342 e. The molecule has 9 nitrogen and oxygen atoms in total. The van der Waals surface area contributed by atoms with Gasteiger partial charge in [-0.2, -0.15) is 0 Å². The zero-order valence-electron chi connectivity index (χ0n) is 18.4. The van der Waals surface area contributed by atoms with Crippen molar-refractivity contribution >= 4 is 30.2 Å². The Hall–Kier alpha value is -1.58. The van der Waals surface area contributed by atoms with Crippen molar-refractivity contribution < 1.29 is 28.1 Å². The minimum Gasteiger partial charge on any atom is -0.357 e. The fourth-order valence-corrected chi connectivity index (χ4v) is 4.67. The molecule has 0 saturated heterocycles. The summed E-state index contributed by atoms with van der Waals surface area (Å²) in [6.45, 7) is 3.77. The number of hydrogen-bond donors (Lipinski definition) is 5. The first-order chi connectivity index (χ1) is 14.4. The summed E-state index contributed by atoms with van der Waals surface area (Å²) in [6, 6.07) is 7.46. The fraction of sp³-hybridized carbons (Fsp3) is 0.600. The lowest BCUT2D eigenvalue weighted by molar-refractivity contribution is -0.130. The summed E-state index contributed by atoms with van der Waals surface area (Å²) in [5.74, 6) is -2.05. The molecule has 1 aromatic carbocycles. The van der Waals surface area contributed by atoms with E-state index >= 15 is 0 Å². The highest BCUT2D eigenvalue weighted by Crippen LogP contribution is 2.41. The highest BCUT2D eigenvalue weighted by Gasteiger charge is 2.34. The molecule has 4 atom stereocenters. The molecule has 2 unspecified atom stereocenters. The second kappa shape index (κ2) is 13.1. The third kappa shape index (κ3) is 10.5. The van der Waals surface area contributed by atoms with E-state index in [4.69, 9.17) is 0 Å². The molecule has 0 bridgehead atoms. The third-order valence-corrected chi connectivity index (χ3v) is 6.69. The molecule has 2 amide bonds. The topological polar surface area (TPSA) is 145 Å². The van der Waals surface area contributed by atoms with Gasteiger partial charge in [-0.25, -0.2) is 0 Å². The van der Waals surface area contributed by atoms with Crippen LogP contribution >= 0.6 is 7.60 Å². The van der Waals surface area contributed by atoms with Crippen molar-refractivity contribution in [2.75, 3.05) is 19.1 Å². The Balaban J connectivity index is 3.03. The summed E-state index contributed by atoms with van der Waals surface area (Å²) >= 11 is 0. The van der Waals surface area contributed by atoms with Gasteiger partial charge in [0.15, 0.2) is 0 Å². The Morgan fingerprint density at radius 3 is 2.19 bits per heavy atom.